The van der Waals surface area contributed by atoms with Crippen LogP contribution in [0.25, 0.3) is 0 Å². The molecule has 0 aliphatic carbocycles. The third-order valence-corrected chi connectivity index (χ3v) is 2.78. The predicted octanol–water partition coefficient (Wildman–Crippen LogP) is 2.31. The lowest BCUT2D eigenvalue weighted by atomic mass is 10.1. The van der Waals surface area contributed by atoms with Gasteiger partial charge in [-0.1, -0.05) is 6.07 Å². The van der Waals surface area contributed by atoms with Crippen molar-refractivity contribution in [1.82, 2.24) is 4.98 Å². The summed E-state index contributed by atoms with van der Waals surface area (Å²) >= 11 is 0. The molecule has 1 heterocycles. The zero-order valence-electron chi connectivity index (χ0n) is 10.9. The molecule has 2 rings (SSSR count). The number of hydrogen-bond donors (Lipinski definition) is 1. The first kappa shape index (κ1) is 14.4. The van der Waals surface area contributed by atoms with E-state index in [1.54, 1.807) is 18.5 Å². The first-order valence-electron chi connectivity index (χ1n) is 6.11. The number of rotatable bonds is 6. The lowest BCUT2D eigenvalue weighted by Crippen LogP contribution is -2.07. The molecule has 0 atom stereocenters. The van der Waals surface area contributed by atoms with Gasteiger partial charge < -0.3 is 9.84 Å². The average Bonchev–Trinajstić information content (AvgIpc) is 2.48. The van der Waals surface area contributed by atoms with Gasteiger partial charge in [-0.15, -0.1) is 0 Å². The van der Waals surface area contributed by atoms with Gasteiger partial charge in [-0.05, 0) is 17.7 Å². The summed E-state index contributed by atoms with van der Waals surface area (Å²) in [6, 6.07) is 7.17. The second kappa shape index (κ2) is 6.47. The minimum Gasteiger partial charge on any atom is -0.492 e. The van der Waals surface area contributed by atoms with Crippen LogP contribution in [0.3, 0.4) is 0 Å². The van der Waals surface area contributed by atoms with Crippen molar-refractivity contribution in [1.29, 1.82) is 0 Å². The van der Waals surface area contributed by atoms with Gasteiger partial charge in [0.25, 0.3) is 5.69 Å². The van der Waals surface area contributed by atoms with E-state index in [0.29, 0.717) is 6.42 Å². The molecule has 21 heavy (non-hydrogen) atoms. The van der Waals surface area contributed by atoms with E-state index in [4.69, 9.17) is 9.84 Å². The molecule has 0 fully saturated rings. The van der Waals surface area contributed by atoms with E-state index in [-0.39, 0.29) is 23.6 Å². The van der Waals surface area contributed by atoms with Crippen molar-refractivity contribution in [3.05, 3.63) is 64.0 Å². The molecule has 0 aliphatic heterocycles. The van der Waals surface area contributed by atoms with E-state index in [2.05, 4.69) is 4.98 Å². The second-order valence-electron chi connectivity index (χ2n) is 4.20. The number of aromatic nitrogens is 1. The largest absolute Gasteiger partial charge is 0.492 e. The minimum atomic E-state index is -1.27. The number of nitro benzene ring substituents is 1. The number of nitrogens with zero attached hydrogens (tertiary/aromatic N) is 2. The number of pyridine rings is 1. The fourth-order valence-corrected chi connectivity index (χ4v) is 1.75. The van der Waals surface area contributed by atoms with Gasteiger partial charge >= 0.3 is 5.97 Å². The van der Waals surface area contributed by atoms with E-state index in [9.17, 15) is 14.9 Å². The van der Waals surface area contributed by atoms with Gasteiger partial charge in [0.1, 0.15) is 11.3 Å². The van der Waals surface area contributed by atoms with E-state index < -0.39 is 10.9 Å². The van der Waals surface area contributed by atoms with Crippen LogP contribution in [0, 0.1) is 10.1 Å². The smallest absolute Gasteiger partial charge is 0.339 e. The van der Waals surface area contributed by atoms with E-state index in [0.717, 1.165) is 11.6 Å². The van der Waals surface area contributed by atoms with Gasteiger partial charge in [-0.3, -0.25) is 15.1 Å². The van der Waals surface area contributed by atoms with Crippen molar-refractivity contribution in [2.75, 3.05) is 6.61 Å². The van der Waals surface area contributed by atoms with Crippen molar-refractivity contribution in [3.8, 4) is 5.75 Å². The Balaban J connectivity index is 2.09. The van der Waals surface area contributed by atoms with Gasteiger partial charge in [0.2, 0.25) is 0 Å². The number of carbonyl (C=O) groups is 1. The molecule has 1 aromatic carbocycles. The third kappa shape index (κ3) is 3.75. The van der Waals surface area contributed by atoms with Crippen LogP contribution in [-0.2, 0) is 6.42 Å². The van der Waals surface area contributed by atoms with Crippen LogP contribution in [0.2, 0.25) is 0 Å². The van der Waals surface area contributed by atoms with E-state index >= 15 is 0 Å². The van der Waals surface area contributed by atoms with Gasteiger partial charge in [0.15, 0.2) is 0 Å². The maximum absolute atomic E-state index is 11.1. The maximum atomic E-state index is 11.1. The molecule has 0 radical (unpaired) electrons. The summed E-state index contributed by atoms with van der Waals surface area (Å²) in [5.41, 5.74) is 0.443. The summed E-state index contributed by atoms with van der Waals surface area (Å²) in [7, 11) is 0. The Morgan fingerprint density at radius 3 is 2.81 bits per heavy atom. The third-order valence-electron chi connectivity index (χ3n) is 2.78. The van der Waals surface area contributed by atoms with Crippen LogP contribution in [0.15, 0.2) is 42.7 Å². The monoisotopic (exact) mass is 288 g/mol. The van der Waals surface area contributed by atoms with Crippen molar-refractivity contribution in [2.24, 2.45) is 0 Å². The van der Waals surface area contributed by atoms with Crippen molar-refractivity contribution < 1.29 is 19.6 Å². The summed E-state index contributed by atoms with van der Waals surface area (Å²) in [5, 5.41) is 19.7. The van der Waals surface area contributed by atoms with Gasteiger partial charge in [0.05, 0.1) is 11.5 Å². The fourth-order valence-electron chi connectivity index (χ4n) is 1.75. The van der Waals surface area contributed by atoms with Gasteiger partial charge in [0, 0.05) is 30.9 Å². The van der Waals surface area contributed by atoms with Crippen LogP contribution in [0.4, 0.5) is 5.69 Å². The lowest BCUT2D eigenvalue weighted by Gasteiger charge is -2.08. The highest BCUT2D eigenvalue weighted by Gasteiger charge is 2.17. The molecular weight excluding hydrogens is 276 g/mol. The number of aromatic carboxylic acids is 1. The first-order chi connectivity index (χ1) is 10.1. The normalized spacial score (nSPS) is 10.1. The number of carboxylic acids is 1. The molecule has 0 saturated carbocycles. The number of carboxylic acid groups (broad SMARTS) is 1. The van der Waals surface area contributed by atoms with Crippen molar-refractivity contribution in [3.63, 3.8) is 0 Å². The van der Waals surface area contributed by atoms with E-state index in [1.165, 1.54) is 12.1 Å². The van der Waals surface area contributed by atoms with Crippen LogP contribution in [0.1, 0.15) is 15.9 Å². The molecular formula is C14H12N2O5. The van der Waals surface area contributed by atoms with Crippen LogP contribution in [0.5, 0.6) is 5.75 Å². The molecule has 0 spiro atoms. The SMILES string of the molecule is O=C(O)c1cc([N+](=O)[O-])ccc1OCCc1cccnc1. The number of non-ortho nitro benzene ring substituents is 1. The summed E-state index contributed by atoms with van der Waals surface area (Å²) in [4.78, 5) is 25.1. The highest BCUT2D eigenvalue weighted by molar-refractivity contribution is 5.91. The van der Waals surface area contributed by atoms with Gasteiger partial charge in [-0.2, -0.15) is 0 Å². The average molecular weight is 288 g/mol. The zero-order chi connectivity index (χ0) is 15.2. The van der Waals surface area contributed by atoms with Crippen LogP contribution >= 0.6 is 0 Å². The highest BCUT2D eigenvalue weighted by atomic mass is 16.6. The maximum Gasteiger partial charge on any atom is 0.339 e. The van der Waals surface area contributed by atoms with Crippen molar-refractivity contribution >= 4 is 11.7 Å². The van der Waals surface area contributed by atoms with Gasteiger partial charge in [-0.25, -0.2) is 4.79 Å². The number of nitro groups is 1. The molecule has 7 nitrogen and oxygen atoms in total. The van der Waals surface area contributed by atoms with E-state index in [1.807, 2.05) is 6.07 Å². The standard InChI is InChI=1S/C14H12N2O5/c17-14(18)12-8-11(16(19)20)3-4-13(12)21-7-5-10-2-1-6-15-9-10/h1-4,6,8-9H,5,7H2,(H,17,18). The Kier molecular flexibility index (Phi) is 4.45. The summed E-state index contributed by atoms with van der Waals surface area (Å²) in [5.74, 6) is -1.16. The quantitative estimate of drug-likeness (QED) is 0.646. The second-order valence-corrected chi connectivity index (χ2v) is 4.20. The Hall–Kier alpha value is -2.96. The fraction of sp³-hybridized carbons (Fsp3) is 0.143. The first-order valence-corrected chi connectivity index (χ1v) is 6.11. The Labute approximate surface area is 120 Å². The Morgan fingerprint density at radius 2 is 2.19 bits per heavy atom. The molecule has 2 aromatic rings. The molecule has 1 N–H and O–H groups in total. The number of hydrogen-bond acceptors (Lipinski definition) is 5. The lowest BCUT2D eigenvalue weighted by molar-refractivity contribution is -0.384. The van der Waals surface area contributed by atoms with Crippen LogP contribution < -0.4 is 4.74 Å². The molecule has 0 saturated heterocycles. The van der Waals surface area contributed by atoms with Crippen LogP contribution in [-0.4, -0.2) is 27.6 Å². The Morgan fingerprint density at radius 1 is 1.38 bits per heavy atom. The summed E-state index contributed by atoms with van der Waals surface area (Å²) in [6.45, 7) is 0.254. The Bertz CT molecular complexity index is 658. The zero-order valence-corrected chi connectivity index (χ0v) is 10.9. The molecule has 1 aromatic heterocycles. The highest BCUT2D eigenvalue weighted by Crippen LogP contribution is 2.24. The summed E-state index contributed by atoms with van der Waals surface area (Å²) in [6.07, 6.45) is 3.91. The minimum absolute atomic E-state index is 0.108. The number of ether oxygens (including phenoxy) is 1. The van der Waals surface area contributed by atoms with Crippen molar-refractivity contribution in [2.45, 2.75) is 6.42 Å². The molecule has 0 aliphatic rings. The molecule has 108 valence electrons. The summed E-state index contributed by atoms with van der Waals surface area (Å²) < 4.78 is 5.41. The molecule has 7 heteroatoms. The predicted molar refractivity (Wildman–Crippen MR) is 73.5 cm³/mol. The number of benzene rings is 1. The molecule has 0 unspecified atom stereocenters. The molecule has 0 bridgehead atoms. The molecule has 0 amide bonds. The topological polar surface area (TPSA) is 103 Å².